The Balaban J connectivity index is 1.36. The highest BCUT2D eigenvalue weighted by Crippen LogP contribution is 2.29. The number of nitrogens with one attached hydrogen (secondary N) is 1. The molecule has 0 atom stereocenters. The SMILES string of the molecule is Cc1ccccc1CN1CCC(NCc2c(C(C)C)nn(C)c2N2CCOCC2)CC1. The molecule has 2 aliphatic heterocycles. The van der Waals surface area contributed by atoms with Gasteiger partial charge in [0, 0.05) is 44.8 Å². The Morgan fingerprint density at radius 2 is 1.81 bits per heavy atom. The van der Waals surface area contributed by atoms with Crippen LogP contribution in [0.2, 0.25) is 0 Å². The molecule has 3 heterocycles. The van der Waals surface area contributed by atoms with E-state index >= 15 is 0 Å². The Bertz CT molecular complexity index is 848. The number of ether oxygens (including phenoxy) is 1. The zero-order chi connectivity index (χ0) is 21.8. The lowest BCUT2D eigenvalue weighted by Crippen LogP contribution is -2.42. The van der Waals surface area contributed by atoms with Gasteiger partial charge in [-0.05, 0) is 49.9 Å². The molecule has 2 aliphatic rings. The predicted octanol–water partition coefficient (Wildman–Crippen LogP) is 3.44. The molecule has 4 rings (SSSR count). The second-order valence-electron chi connectivity index (χ2n) is 9.42. The lowest BCUT2D eigenvalue weighted by atomic mass is 10.0. The maximum Gasteiger partial charge on any atom is 0.131 e. The summed E-state index contributed by atoms with van der Waals surface area (Å²) < 4.78 is 7.66. The van der Waals surface area contributed by atoms with Gasteiger partial charge in [0.2, 0.25) is 0 Å². The molecule has 2 aromatic rings. The number of aromatic nitrogens is 2. The van der Waals surface area contributed by atoms with Crippen LogP contribution in [-0.4, -0.2) is 60.1 Å². The molecule has 0 saturated carbocycles. The van der Waals surface area contributed by atoms with Crippen LogP contribution < -0.4 is 10.2 Å². The number of hydrogen-bond donors (Lipinski definition) is 1. The maximum absolute atomic E-state index is 5.58. The number of anilines is 1. The third kappa shape index (κ3) is 5.30. The smallest absolute Gasteiger partial charge is 0.131 e. The number of nitrogens with zero attached hydrogens (tertiary/aromatic N) is 4. The summed E-state index contributed by atoms with van der Waals surface area (Å²) >= 11 is 0. The highest BCUT2D eigenvalue weighted by atomic mass is 16.5. The predicted molar refractivity (Wildman–Crippen MR) is 127 cm³/mol. The molecule has 0 spiro atoms. The van der Waals surface area contributed by atoms with Crippen LogP contribution in [-0.2, 0) is 24.9 Å². The van der Waals surface area contributed by atoms with Crippen LogP contribution in [0.1, 0.15) is 55.0 Å². The van der Waals surface area contributed by atoms with E-state index in [1.165, 1.54) is 41.0 Å². The zero-order valence-corrected chi connectivity index (χ0v) is 19.7. The van der Waals surface area contributed by atoms with Crippen LogP contribution in [0.5, 0.6) is 0 Å². The molecule has 0 unspecified atom stereocenters. The highest BCUT2D eigenvalue weighted by molar-refractivity contribution is 5.51. The minimum Gasteiger partial charge on any atom is -0.378 e. The third-order valence-corrected chi connectivity index (χ3v) is 6.81. The standard InChI is InChI=1S/C25H39N5O/c1-19(2)24-23(25(28(4)27-24)30-13-15-31-16-14-30)17-26-22-9-11-29(12-10-22)18-21-8-6-5-7-20(21)3/h5-8,19,22,26H,9-18H2,1-4H3. The first-order valence-electron chi connectivity index (χ1n) is 11.9. The van der Waals surface area contributed by atoms with E-state index in [9.17, 15) is 0 Å². The lowest BCUT2D eigenvalue weighted by molar-refractivity contribution is 0.122. The van der Waals surface area contributed by atoms with E-state index < -0.39 is 0 Å². The Morgan fingerprint density at radius 1 is 1.10 bits per heavy atom. The van der Waals surface area contributed by atoms with Gasteiger partial charge in [0.1, 0.15) is 5.82 Å². The first-order valence-corrected chi connectivity index (χ1v) is 11.9. The largest absolute Gasteiger partial charge is 0.378 e. The average Bonchev–Trinajstić information content (AvgIpc) is 3.12. The molecule has 170 valence electrons. The van der Waals surface area contributed by atoms with Crippen LogP contribution in [0, 0.1) is 6.92 Å². The maximum atomic E-state index is 5.58. The summed E-state index contributed by atoms with van der Waals surface area (Å²) in [6.07, 6.45) is 2.41. The Morgan fingerprint density at radius 3 is 2.48 bits per heavy atom. The van der Waals surface area contributed by atoms with Gasteiger partial charge in [-0.2, -0.15) is 5.10 Å². The Labute approximate surface area is 187 Å². The first-order chi connectivity index (χ1) is 15.0. The number of aryl methyl sites for hydroxylation is 2. The summed E-state index contributed by atoms with van der Waals surface area (Å²) in [5.74, 6) is 1.70. The van der Waals surface area contributed by atoms with Crippen molar-refractivity contribution in [3.05, 3.63) is 46.6 Å². The number of hydrogen-bond acceptors (Lipinski definition) is 5. The molecule has 0 bridgehead atoms. The van der Waals surface area contributed by atoms with Gasteiger partial charge in [0.15, 0.2) is 0 Å². The van der Waals surface area contributed by atoms with Crippen LogP contribution in [0.15, 0.2) is 24.3 Å². The van der Waals surface area contributed by atoms with Crippen molar-refractivity contribution >= 4 is 5.82 Å². The van der Waals surface area contributed by atoms with Crippen molar-refractivity contribution in [1.82, 2.24) is 20.0 Å². The van der Waals surface area contributed by atoms with E-state index in [2.05, 4.69) is 71.9 Å². The highest BCUT2D eigenvalue weighted by Gasteiger charge is 2.26. The Hall–Kier alpha value is -1.89. The molecule has 1 aromatic heterocycles. The van der Waals surface area contributed by atoms with E-state index in [1.807, 2.05) is 0 Å². The number of piperidine rings is 1. The molecule has 0 aliphatic carbocycles. The van der Waals surface area contributed by atoms with Crippen molar-refractivity contribution in [2.45, 2.75) is 58.7 Å². The van der Waals surface area contributed by atoms with Gasteiger partial charge >= 0.3 is 0 Å². The minimum atomic E-state index is 0.425. The third-order valence-electron chi connectivity index (χ3n) is 6.81. The first kappa shape index (κ1) is 22.3. The van der Waals surface area contributed by atoms with E-state index in [0.717, 1.165) is 52.5 Å². The summed E-state index contributed by atoms with van der Waals surface area (Å²) in [7, 11) is 2.09. The van der Waals surface area contributed by atoms with Crippen molar-refractivity contribution in [1.29, 1.82) is 0 Å². The molecular formula is C25H39N5O. The van der Waals surface area contributed by atoms with Crippen LogP contribution in [0.4, 0.5) is 5.82 Å². The van der Waals surface area contributed by atoms with Crippen LogP contribution >= 0.6 is 0 Å². The van der Waals surface area contributed by atoms with Crippen molar-refractivity contribution in [2.24, 2.45) is 7.05 Å². The summed E-state index contributed by atoms with van der Waals surface area (Å²) in [4.78, 5) is 5.05. The molecule has 2 fully saturated rings. The summed E-state index contributed by atoms with van der Waals surface area (Å²) in [6, 6.07) is 9.34. The van der Waals surface area contributed by atoms with Gasteiger partial charge in [0.25, 0.3) is 0 Å². The van der Waals surface area contributed by atoms with E-state index in [-0.39, 0.29) is 0 Å². The van der Waals surface area contributed by atoms with Gasteiger partial charge in [0.05, 0.1) is 18.9 Å². The quantitative estimate of drug-likeness (QED) is 0.736. The van der Waals surface area contributed by atoms with Crippen molar-refractivity contribution in [2.75, 3.05) is 44.3 Å². The second-order valence-corrected chi connectivity index (χ2v) is 9.42. The number of likely N-dealkylation sites (tertiary alicyclic amines) is 1. The molecule has 6 heteroatoms. The lowest BCUT2D eigenvalue weighted by Gasteiger charge is -2.33. The van der Waals surface area contributed by atoms with Crippen molar-refractivity contribution < 1.29 is 4.74 Å². The number of morpholine rings is 1. The van der Waals surface area contributed by atoms with E-state index in [0.29, 0.717) is 12.0 Å². The normalized spacial score (nSPS) is 18.8. The fourth-order valence-corrected chi connectivity index (χ4v) is 4.95. The van der Waals surface area contributed by atoms with Crippen LogP contribution in [0.3, 0.4) is 0 Å². The van der Waals surface area contributed by atoms with Gasteiger partial charge < -0.3 is 15.0 Å². The molecule has 31 heavy (non-hydrogen) atoms. The van der Waals surface area contributed by atoms with Gasteiger partial charge in [-0.3, -0.25) is 9.58 Å². The van der Waals surface area contributed by atoms with E-state index in [1.54, 1.807) is 0 Å². The average molecular weight is 426 g/mol. The molecule has 0 radical (unpaired) electrons. The minimum absolute atomic E-state index is 0.425. The summed E-state index contributed by atoms with van der Waals surface area (Å²) in [5, 5.41) is 8.79. The van der Waals surface area contributed by atoms with E-state index in [4.69, 9.17) is 9.84 Å². The Kier molecular flexibility index (Phi) is 7.31. The molecule has 1 aromatic carbocycles. The zero-order valence-electron chi connectivity index (χ0n) is 19.7. The fraction of sp³-hybridized carbons (Fsp3) is 0.640. The molecular weight excluding hydrogens is 386 g/mol. The summed E-state index contributed by atoms with van der Waals surface area (Å²) in [6.45, 7) is 14.5. The molecule has 6 nitrogen and oxygen atoms in total. The van der Waals surface area contributed by atoms with Crippen molar-refractivity contribution in [3.63, 3.8) is 0 Å². The molecule has 2 saturated heterocycles. The topological polar surface area (TPSA) is 45.6 Å². The molecule has 0 amide bonds. The number of rotatable bonds is 7. The van der Waals surface area contributed by atoms with Crippen molar-refractivity contribution in [3.8, 4) is 0 Å². The second kappa shape index (κ2) is 10.2. The summed E-state index contributed by atoms with van der Waals surface area (Å²) in [5.41, 5.74) is 5.47. The van der Waals surface area contributed by atoms with Gasteiger partial charge in [-0.25, -0.2) is 0 Å². The monoisotopic (exact) mass is 425 g/mol. The van der Waals surface area contributed by atoms with Gasteiger partial charge in [-0.15, -0.1) is 0 Å². The fourth-order valence-electron chi connectivity index (χ4n) is 4.95. The van der Waals surface area contributed by atoms with Crippen LogP contribution in [0.25, 0.3) is 0 Å². The number of benzene rings is 1. The van der Waals surface area contributed by atoms with Gasteiger partial charge in [-0.1, -0.05) is 38.1 Å². The molecule has 1 N–H and O–H groups in total.